The maximum absolute atomic E-state index is 13.4. The molecule has 0 aromatic heterocycles. The molecule has 19 heavy (non-hydrogen) atoms. The number of hydrogen-bond donors (Lipinski definition) is 1. The molecule has 0 bridgehead atoms. The molecule has 0 radical (unpaired) electrons. The predicted molar refractivity (Wildman–Crippen MR) is 70.4 cm³/mol. The molecular formula is C13H13BrFNO3. The highest BCUT2D eigenvalue weighted by Gasteiger charge is 2.32. The van der Waals surface area contributed by atoms with E-state index in [0.717, 1.165) is 6.42 Å². The van der Waals surface area contributed by atoms with Crippen molar-refractivity contribution in [1.29, 1.82) is 0 Å². The SMILES string of the molecule is O=C(O)CC1CCCN1C(=O)c1cccc(F)c1Br. The van der Waals surface area contributed by atoms with Crippen molar-refractivity contribution in [2.24, 2.45) is 0 Å². The van der Waals surface area contributed by atoms with Crippen molar-refractivity contribution < 1.29 is 19.1 Å². The number of carbonyl (C=O) groups excluding carboxylic acids is 1. The third-order valence-corrected chi connectivity index (χ3v) is 4.04. The van der Waals surface area contributed by atoms with Crippen LogP contribution in [0.15, 0.2) is 22.7 Å². The first-order valence-electron chi connectivity index (χ1n) is 5.97. The van der Waals surface area contributed by atoms with Gasteiger partial charge in [-0.2, -0.15) is 0 Å². The Morgan fingerprint density at radius 3 is 2.89 bits per heavy atom. The smallest absolute Gasteiger partial charge is 0.305 e. The van der Waals surface area contributed by atoms with Gasteiger partial charge in [0.15, 0.2) is 0 Å². The summed E-state index contributed by atoms with van der Waals surface area (Å²) in [4.78, 5) is 24.6. The van der Waals surface area contributed by atoms with E-state index in [1.807, 2.05) is 0 Å². The van der Waals surface area contributed by atoms with Gasteiger partial charge in [-0.3, -0.25) is 9.59 Å². The molecule has 4 nitrogen and oxygen atoms in total. The summed E-state index contributed by atoms with van der Waals surface area (Å²) in [6, 6.07) is 3.96. The molecule has 1 atom stereocenters. The molecule has 102 valence electrons. The molecule has 1 heterocycles. The van der Waals surface area contributed by atoms with Crippen LogP contribution in [0.25, 0.3) is 0 Å². The molecule has 1 aromatic carbocycles. The molecule has 1 unspecified atom stereocenters. The number of carboxylic acids is 1. The molecule has 2 rings (SSSR count). The van der Waals surface area contributed by atoms with Crippen LogP contribution in [0, 0.1) is 5.82 Å². The van der Waals surface area contributed by atoms with Crippen LogP contribution in [0.5, 0.6) is 0 Å². The summed E-state index contributed by atoms with van der Waals surface area (Å²) in [5.41, 5.74) is 0.234. The number of benzene rings is 1. The number of nitrogens with zero attached hydrogens (tertiary/aromatic N) is 1. The van der Waals surface area contributed by atoms with Crippen molar-refractivity contribution in [2.45, 2.75) is 25.3 Å². The van der Waals surface area contributed by atoms with Gasteiger partial charge in [0.2, 0.25) is 0 Å². The van der Waals surface area contributed by atoms with Crippen LogP contribution < -0.4 is 0 Å². The second kappa shape index (κ2) is 5.69. The van der Waals surface area contributed by atoms with E-state index in [-0.39, 0.29) is 28.4 Å². The monoisotopic (exact) mass is 329 g/mol. The van der Waals surface area contributed by atoms with Crippen molar-refractivity contribution >= 4 is 27.8 Å². The van der Waals surface area contributed by atoms with E-state index < -0.39 is 11.8 Å². The van der Waals surface area contributed by atoms with Gasteiger partial charge in [-0.05, 0) is 40.9 Å². The van der Waals surface area contributed by atoms with Gasteiger partial charge in [0.05, 0.1) is 16.5 Å². The van der Waals surface area contributed by atoms with Crippen LogP contribution in [0.3, 0.4) is 0 Å². The Bertz CT molecular complexity index is 521. The number of aliphatic carboxylic acids is 1. The van der Waals surface area contributed by atoms with E-state index >= 15 is 0 Å². The number of carbonyl (C=O) groups is 2. The van der Waals surface area contributed by atoms with E-state index in [1.165, 1.54) is 23.1 Å². The number of rotatable bonds is 3. The van der Waals surface area contributed by atoms with E-state index in [0.29, 0.717) is 13.0 Å². The molecule has 1 aliphatic rings. The van der Waals surface area contributed by atoms with Gasteiger partial charge < -0.3 is 10.0 Å². The lowest BCUT2D eigenvalue weighted by Crippen LogP contribution is -2.37. The van der Waals surface area contributed by atoms with Gasteiger partial charge in [-0.1, -0.05) is 6.07 Å². The number of amides is 1. The number of halogens is 2. The standard InChI is InChI=1S/C13H13BrFNO3/c14-12-9(4-1-5-10(12)15)13(19)16-6-2-3-8(16)7-11(17)18/h1,4-5,8H,2-3,6-7H2,(H,17,18). The minimum Gasteiger partial charge on any atom is -0.481 e. The van der Waals surface area contributed by atoms with Gasteiger partial charge >= 0.3 is 5.97 Å². The Kier molecular flexibility index (Phi) is 4.19. The molecule has 1 aliphatic heterocycles. The molecule has 0 saturated carbocycles. The summed E-state index contributed by atoms with van der Waals surface area (Å²) in [6.07, 6.45) is 1.38. The van der Waals surface area contributed by atoms with Crippen LogP contribution >= 0.6 is 15.9 Å². The first-order valence-corrected chi connectivity index (χ1v) is 6.76. The maximum Gasteiger partial charge on any atom is 0.305 e. The zero-order chi connectivity index (χ0) is 14.0. The van der Waals surface area contributed by atoms with E-state index in [2.05, 4.69) is 15.9 Å². The summed E-state index contributed by atoms with van der Waals surface area (Å²) in [5, 5.41) is 8.84. The summed E-state index contributed by atoms with van der Waals surface area (Å²) in [5.74, 6) is -1.75. The van der Waals surface area contributed by atoms with Gasteiger partial charge in [0, 0.05) is 12.6 Å². The highest BCUT2D eigenvalue weighted by atomic mass is 79.9. The Balaban J connectivity index is 2.23. The average molecular weight is 330 g/mol. The second-order valence-electron chi connectivity index (χ2n) is 4.49. The quantitative estimate of drug-likeness (QED) is 0.927. The second-order valence-corrected chi connectivity index (χ2v) is 5.29. The third kappa shape index (κ3) is 2.94. The maximum atomic E-state index is 13.4. The number of hydrogen-bond acceptors (Lipinski definition) is 2. The van der Waals surface area contributed by atoms with Gasteiger partial charge in [0.1, 0.15) is 5.82 Å². The predicted octanol–water partition coefficient (Wildman–Crippen LogP) is 2.67. The van der Waals surface area contributed by atoms with Crippen molar-refractivity contribution in [3.05, 3.63) is 34.1 Å². The van der Waals surface area contributed by atoms with Crippen molar-refractivity contribution in [3.63, 3.8) is 0 Å². The fourth-order valence-corrected chi connectivity index (χ4v) is 2.77. The van der Waals surface area contributed by atoms with Gasteiger partial charge in [-0.15, -0.1) is 0 Å². The molecular weight excluding hydrogens is 317 g/mol. The van der Waals surface area contributed by atoms with E-state index in [9.17, 15) is 14.0 Å². The lowest BCUT2D eigenvalue weighted by Gasteiger charge is -2.24. The normalized spacial score (nSPS) is 18.6. The Labute approximate surface area is 118 Å². The first kappa shape index (κ1) is 14.0. The Hall–Kier alpha value is -1.43. The summed E-state index contributed by atoms with van der Waals surface area (Å²) in [7, 11) is 0. The van der Waals surface area contributed by atoms with Crippen molar-refractivity contribution in [1.82, 2.24) is 4.90 Å². The molecule has 0 spiro atoms. The largest absolute Gasteiger partial charge is 0.481 e. The van der Waals surface area contributed by atoms with Gasteiger partial charge in [0.25, 0.3) is 5.91 Å². The summed E-state index contributed by atoms with van der Waals surface area (Å²) >= 11 is 3.06. The van der Waals surface area contributed by atoms with Crippen molar-refractivity contribution in [2.75, 3.05) is 6.54 Å². The molecule has 1 aromatic rings. The molecule has 1 N–H and O–H groups in total. The summed E-state index contributed by atoms with van der Waals surface area (Å²) < 4.78 is 13.5. The minimum atomic E-state index is -0.928. The van der Waals surface area contributed by atoms with E-state index in [4.69, 9.17) is 5.11 Å². The lowest BCUT2D eigenvalue weighted by atomic mass is 10.1. The fourth-order valence-electron chi connectivity index (χ4n) is 2.34. The first-order chi connectivity index (χ1) is 9.00. The topological polar surface area (TPSA) is 57.6 Å². The molecule has 1 fully saturated rings. The Morgan fingerprint density at radius 2 is 2.21 bits per heavy atom. The number of carboxylic acid groups (broad SMARTS) is 1. The van der Waals surface area contributed by atoms with Gasteiger partial charge in [-0.25, -0.2) is 4.39 Å². The summed E-state index contributed by atoms with van der Waals surface area (Å²) in [6.45, 7) is 0.514. The minimum absolute atomic E-state index is 0.0708. The highest BCUT2D eigenvalue weighted by Crippen LogP contribution is 2.27. The zero-order valence-corrected chi connectivity index (χ0v) is 11.7. The van der Waals surface area contributed by atoms with Crippen LogP contribution in [-0.2, 0) is 4.79 Å². The van der Waals surface area contributed by atoms with Crippen LogP contribution in [0.2, 0.25) is 0 Å². The zero-order valence-electron chi connectivity index (χ0n) is 10.1. The van der Waals surface area contributed by atoms with Crippen LogP contribution in [0.1, 0.15) is 29.6 Å². The van der Waals surface area contributed by atoms with Crippen LogP contribution in [0.4, 0.5) is 4.39 Å². The highest BCUT2D eigenvalue weighted by molar-refractivity contribution is 9.10. The van der Waals surface area contributed by atoms with Crippen LogP contribution in [-0.4, -0.2) is 34.5 Å². The third-order valence-electron chi connectivity index (χ3n) is 3.23. The Morgan fingerprint density at radius 1 is 1.47 bits per heavy atom. The fraction of sp³-hybridized carbons (Fsp3) is 0.385. The van der Waals surface area contributed by atoms with Crippen molar-refractivity contribution in [3.8, 4) is 0 Å². The molecule has 0 aliphatic carbocycles. The number of likely N-dealkylation sites (tertiary alicyclic amines) is 1. The van der Waals surface area contributed by atoms with E-state index in [1.54, 1.807) is 0 Å². The molecule has 1 amide bonds. The average Bonchev–Trinajstić information content (AvgIpc) is 2.79. The molecule has 1 saturated heterocycles. The molecule has 6 heteroatoms. The lowest BCUT2D eigenvalue weighted by molar-refractivity contribution is -0.137.